The van der Waals surface area contributed by atoms with E-state index in [4.69, 9.17) is 9.26 Å². The van der Waals surface area contributed by atoms with Gasteiger partial charge in [-0.1, -0.05) is 17.3 Å². The average molecular weight is 302 g/mol. The lowest BCUT2D eigenvalue weighted by molar-refractivity contribution is 0.0705. The lowest BCUT2D eigenvalue weighted by Gasteiger charge is -2.24. The number of benzene rings is 1. The smallest absolute Gasteiger partial charge is 0.276 e. The fourth-order valence-corrected chi connectivity index (χ4v) is 2.82. The van der Waals surface area contributed by atoms with Gasteiger partial charge in [-0.3, -0.25) is 4.79 Å². The predicted octanol–water partition coefficient (Wildman–Crippen LogP) is 1.94. The van der Waals surface area contributed by atoms with Crippen molar-refractivity contribution in [1.82, 2.24) is 10.1 Å². The van der Waals surface area contributed by atoms with Crippen LogP contribution in [0, 0.1) is 6.92 Å². The van der Waals surface area contributed by atoms with Gasteiger partial charge in [0.15, 0.2) is 5.69 Å². The zero-order valence-electron chi connectivity index (χ0n) is 12.5. The number of ether oxygens (including phenoxy) is 1. The van der Waals surface area contributed by atoms with Crippen molar-refractivity contribution >= 4 is 5.91 Å². The van der Waals surface area contributed by atoms with Crippen molar-refractivity contribution in [2.45, 2.75) is 25.5 Å². The van der Waals surface area contributed by atoms with Crippen LogP contribution in [0.3, 0.4) is 0 Å². The van der Waals surface area contributed by atoms with Gasteiger partial charge in [-0.05, 0) is 31.0 Å². The summed E-state index contributed by atoms with van der Waals surface area (Å²) in [7, 11) is 1.60. The Morgan fingerprint density at radius 3 is 2.95 bits per heavy atom. The molecule has 1 aromatic heterocycles. The van der Waals surface area contributed by atoms with Crippen molar-refractivity contribution in [3.8, 4) is 5.75 Å². The number of carbonyl (C=O) groups is 1. The number of nitrogens with zero attached hydrogens (tertiary/aromatic N) is 2. The van der Waals surface area contributed by atoms with Gasteiger partial charge >= 0.3 is 0 Å². The van der Waals surface area contributed by atoms with Crippen LogP contribution in [-0.2, 0) is 0 Å². The third-order valence-electron chi connectivity index (χ3n) is 3.87. The number of aliphatic hydroxyl groups is 1. The number of hydrogen-bond donors (Lipinski definition) is 1. The Kier molecular flexibility index (Phi) is 3.85. The van der Waals surface area contributed by atoms with Crippen LogP contribution in [0.4, 0.5) is 0 Å². The van der Waals surface area contributed by atoms with Gasteiger partial charge in [0.2, 0.25) is 0 Å². The molecule has 0 bridgehead atoms. The normalized spacial score (nSPS) is 21.1. The molecule has 6 heteroatoms. The number of amides is 1. The molecule has 1 aliphatic heterocycles. The van der Waals surface area contributed by atoms with Gasteiger partial charge in [0.25, 0.3) is 5.91 Å². The van der Waals surface area contributed by atoms with E-state index < -0.39 is 6.10 Å². The Balaban J connectivity index is 1.90. The Morgan fingerprint density at radius 2 is 2.27 bits per heavy atom. The second-order valence-electron chi connectivity index (χ2n) is 5.46. The minimum atomic E-state index is -0.548. The Hall–Kier alpha value is -2.34. The fraction of sp³-hybridized carbons (Fsp3) is 0.375. The highest BCUT2D eigenvalue weighted by Crippen LogP contribution is 2.34. The number of aliphatic hydroxyl groups excluding tert-OH is 1. The fourth-order valence-electron chi connectivity index (χ4n) is 2.82. The van der Waals surface area contributed by atoms with E-state index in [0.717, 1.165) is 11.3 Å². The maximum atomic E-state index is 12.6. The quantitative estimate of drug-likeness (QED) is 0.937. The average Bonchev–Trinajstić information content (AvgIpc) is 3.12. The van der Waals surface area contributed by atoms with Gasteiger partial charge in [-0.15, -0.1) is 0 Å². The lowest BCUT2D eigenvalue weighted by atomic mass is 10.0. The van der Waals surface area contributed by atoms with Gasteiger partial charge in [0.1, 0.15) is 11.5 Å². The molecule has 1 saturated heterocycles. The first-order valence-corrected chi connectivity index (χ1v) is 7.15. The third kappa shape index (κ3) is 2.69. The zero-order valence-corrected chi connectivity index (χ0v) is 12.5. The maximum absolute atomic E-state index is 12.6. The molecule has 0 aliphatic carbocycles. The van der Waals surface area contributed by atoms with E-state index in [1.54, 1.807) is 25.0 Å². The van der Waals surface area contributed by atoms with Crippen molar-refractivity contribution in [3.05, 3.63) is 47.3 Å². The number of rotatable bonds is 3. The first-order valence-electron chi connectivity index (χ1n) is 7.15. The lowest BCUT2D eigenvalue weighted by Crippen LogP contribution is -2.32. The molecule has 1 aliphatic rings. The Bertz CT molecular complexity index is 682. The number of methoxy groups -OCH3 is 1. The summed E-state index contributed by atoms with van der Waals surface area (Å²) in [6.45, 7) is 2.02. The van der Waals surface area contributed by atoms with Crippen LogP contribution >= 0.6 is 0 Å². The van der Waals surface area contributed by atoms with Gasteiger partial charge in [0, 0.05) is 12.6 Å². The molecule has 0 saturated carbocycles. The van der Waals surface area contributed by atoms with Gasteiger partial charge < -0.3 is 19.3 Å². The molecule has 116 valence electrons. The van der Waals surface area contributed by atoms with Crippen LogP contribution < -0.4 is 4.74 Å². The summed E-state index contributed by atoms with van der Waals surface area (Å²) in [6, 6.07) is 8.95. The van der Waals surface area contributed by atoms with E-state index in [2.05, 4.69) is 5.16 Å². The van der Waals surface area contributed by atoms with Crippen molar-refractivity contribution in [3.63, 3.8) is 0 Å². The predicted molar refractivity (Wildman–Crippen MR) is 78.6 cm³/mol. The first-order chi connectivity index (χ1) is 10.6. The largest absolute Gasteiger partial charge is 0.497 e. The molecule has 1 fully saturated rings. The number of aryl methyl sites for hydroxylation is 1. The molecule has 2 heterocycles. The molecule has 22 heavy (non-hydrogen) atoms. The second kappa shape index (κ2) is 5.81. The SMILES string of the molecule is COc1cccc([C@H]2C[C@H](O)CN2C(=O)c2cc(C)on2)c1. The van der Waals surface area contributed by atoms with E-state index in [9.17, 15) is 9.90 Å². The molecule has 0 spiro atoms. The van der Waals surface area contributed by atoms with E-state index >= 15 is 0 Å². The Morgan fingerprint density at radius 1 is 1.45 bits per heavy atom. The minimum Gasteiger partial charge on any atom is -0.497 e. The topological polar surface area (TPSA) is 75.8 Å². The highest BCUT2D eigenvalue weighted by Gasteiger charge is 2.36. The van der Waals surface area contributed by atoms with Crippen LogP contribution in [0.15, 0.2) is 34.9 Å². The summed E-state index contributed by atoms with van der Waals surface area (Å²) in [4.78, 5) is 14.2. The monoisotopic (exact) mass is 302 g/mol. The second-order valence-corrected chi connectivity index (χ2v) is 5.46. The third-order valence-corrected chi connectivity index (χ3v) is 3.87. The van der Waals surface area contributed by atoms with E-state index in [1.807, 2.05) is 24.3 Å². The summed E-state index contributed by atoms with van der Waals surface area (Å²) >= 11 is 0. The molecule has 2 aromatic rings. The molecule has 1 N–H and O–H groups in total. The van der Waals surface area contributed by atoms with Crippen LogP contribution in [-0.4, -0.2) is 40.8 Å². The van der Waals surface area contributed by atoms with Crippen molar-refractivity contribution in [1.29, 1.82) is 0 Å². The summed E-state index contributed by atoms with van der Waals surface area (Å²) in [6.07, 6.45) is -0.0522. The number of aromatic nitrogens is 1. The number of β-amino-alcohol motifs (C(OH)–C–C–N with tert-alkyl or cyclic N) is 1. The number of carbonyl (C=O) groups excluding carboxylic acids is 1. The summed E-state index contributed by atoms with van der Waals surface area (Å²) in [5, 5.41) is 13.8. The number of hydrogen-bond acceptors (Lipinski definition) is 5. The van der Waals surface area contributed by atoms with Crippen molar-refractivity contribution in [2.24, 2.45) is 0 Å². The minimum absolute atomic E-state index is 0.199. The Labute approximate surface area is 128 Å². The maximum Gasteiger partial charge on any atom is 0.276 e. The highest BCUT2D eigenvalue weighted by atomic mass is 16.5. The van der Waals surface area contributed by atoms with Gasteiger partial charge in [0.05, 0.1) is 19.3 Å². The molecule has 3 rings (SSSR count). The molecule has 6 nitrogen and oxygen atoms in total. The molecule has 1 amide bonds. The van der Waals surface area contributed by atoms with Crippen LogP contribution in [0.25, 0.3) is 0 Å². The molecule has 0 unspecified atom stereocenters. The summed E-state index contributed by atoms with van der Waals surface area (Å²) in [5.74, 6) is 1.07. The van der Waals surface area contributed by atoms with Crippen LogP contribution in [0.1, 0.15) is 34.3 Å². The molecule has 1 aromatic carbocycles. The van der Waals surface area contributed by atoms with Gasteiger partial charge in [-0.25, -0.2) is 0 Å². The molecule has 0 radical (unpaired) electrons. The van der Waals surface area contributed by atoms with E-state index in [1.165, 1.54) is 0 Å². The summed E-state index contributed by atoms with van der Waals surface area (Å²) in [5.41, 5.74) is 1.20. The van der Waals surface area contributed by atoms with E-state index in [0.29, 0.717) is 12.2 Å². The molecular formula is C16H18N2O4. The van der Waals surface area contributed by atoms with Crippen molar-refractivity contribution < 1.29 is 19.2 Å². The first kappa shape index (κ1) is 14.6. The molecular weight excluding hydrogens is 284 g/mol. The summed E-state index contributed by atoms with van der Waals surface area (Å²) < 4.78 is 10.2. The number of likely N-dealkylation sites (tertiary alicyclic amines) is 1. The van der Waals surface area contributed by atoms with E-state index in [-0.39, 0.29) is 24.2 Å². The highest BCUT2D eigenvalue weighted by molar-refractivity contribution is 5.92. The van der Waals surface area contributed by atoms with Crippen LogP contribution in [0.5, 0.6) is 5.75 Å². The van der Waals surface area contributed by atoms with Gasteiger partial charge in [-0.2, -0.15) is 0 Å². The van der Waals surface area contributed by atoms with Crippen molar-refractivity contribution in [2.75, 3.05) is 13.7 Å². The molecule has 2 atom stereocenters. The van der Waals surface area contributed by atoms with Crippen LogP contribution in [0.2, 0.25) is 0 Å². The standard InChI is InChI=1S/C16H18N2O4/c1-10-6-14(17-22-10)16(20)18-9-12(19)8-15(18)11-4-3-5-13(7-11)21-2/h3-7,12,15,19H,8-9H2,1-2H3/t12-,15+/m0/s1. The zero-order chi connectivity index (χ0) is 15.7.